The van der Waals surface area contributed by atoms with Gasteiger partial charge in [-0.25, -0.2) is 0 Å². The summed E-state index contributed by atoms with van der Waals surface area (Å²) in [6, 6.07) is 19.8. The van der Waals surface area contributed by atoms with Gasteiger partial charge in [0.2, 0.25) is 0 Å². The lowest BCUT2D eigenvalue weighted by Crippen LogP contribution is -2.30. The van der Waals surface area contributed by atoms with Gasteiger partial charge in [-0.05, 0) is 44.4 Å². The molecule has 0 spiro atoms. The van der Waals surface area contributed by atoms with E-state index in [1.807, 2.05) is 13.1 Å². The SMILES string of the molecule is C=C/C=C(/CCc1ccc(C)cc1)[C@H](Cc1ccccc1)NC. The third-order valence-corrected chi connectivity index (χ3v) is 4.23. The summed E-state index contributed by atoms with van der Waals surface area (Å²) in [5.41, 5.74) is 5.47. The fourth-order valence-corrected chi connectivity index (χ4v) is 2.84. The number of benzene rings is 2. The predicted molar refractivity (Wildman–Crippen MR) is 101 cm³/mol. The second kappa shape index (κ2) is 9.12. The Morgan fingerprint density at radius 3 is 2.35 bits per heavy atom. The van der Waals surface area contributed by atoms with Crippen LogP contribution in [0, 0.1) is 6.92 Å². The monoisotopic (exact) mass is 305 g/mol. The van der Waals surface area contributed by atoms with Crippen molar-refractivity contribution in [3.63, 3.8) is 0 Å². The highest BCUT2D eigenvalue weighted by Crippen LogP contribution is 2.17. The van der Waals surface area contributed by atoms with E-state index in [-0.39, 0.29) is 0 Å². The van der Waals surface area contributed by atoms with Crippen molar-refractivity contribution in [3.05, 3.63) is 95.6 Å². The summed E-state index contributed by atoms with van der Waals surface area (Å²) in [5.74, 6) is 0. The van der Waals surface area contributed by atoms with E-state index in [0.717, 1.165) is 19.3 Å². The molecule has 0 unspecified atom stereocenters. The quantitative estimate of drug-likeness (QED) is 0.686. The van der Waals surface area contributed by atoms with Crippen LogP contribution in [0.4, 0.5) is 0 Å². The first-order valence-corrected chi connectivity index (χ1v) is 8.31. The molecule has 2 aromatic carbocycles. The molecule has 1 nitrogen and oxygen atoms in total. The number of hydrogen-bond acceptors (Lipinski definition) is 1. The van der Waals surface area contributed by atoms with Crippen LogP contribution in [0.25, 0.3) is 0 Å². The second-order valence-corrected chi connectivity index (χ2v) is 5.99. The van der Waals surface area contributed by atoms with Gasteiger partial charge in [0.25, 0.3) is 0 Å². The minimum Gasteiger partial charge on any atom is -0.313 e. The molecule has 0 amide bonds. The summed E-state index contributed by atoms with van der Waals surface area (Å²) < 4.78 is 0. The van der Waals surface area contributed by atoms with Crippen molar-refractivity contribution in [2.75, 3.05) is 7.05 Å². The van der Waals surface area contributed by atoms with Crippen LogP contribution in [-0.4, -0.2) is 13.1 Å². The molecule has 0 bridgehead atoms. The molecule has 0 heterocycles. The zero-order valence-corrected chi connectivity index (χ0v) is 14.3. The summed E-state index contributed by atoms with van der Waals surface area (Å²) in [7, 11) is 2.04. The Balaban J connectivity index is 2.04. The highest BCUT2D eigenvalue weighted by Gasteiger charge is 2.12. The zero-order chi connectivity index (χ0) is 16.5. The van der Waals surface area contributed by atoms with Crippen LogP contribution in [0.2, 0.25) is 0 Å². The van der Waals surface area contributed by atoms with Gasteiger partial charge in [-0.2, -0.15) is 0 Å². The summed E-state index contributed by atoms with van der Waals surface area (Å²) in [6.45, 7) is 6.02. The van der Waals surface area contributed by atoms with Crippen LogP contribution >= 0.6 is 0 Å². The smallest absolute Gasteiger partial charge is 0.0320 e. The predicted octanol–water partition coefficient (Wildman–Crippen LogP) is 4.87. The lowest BCUT2D eigenvalue weighted by atomic mass is 9.93. The Morgan fingerprint density at radius 1 is 1.04 bits per heavy atom. The molecule has 0 fully saturated rings. The Kier molecular flexibility index (Phi) is 6.83. The van der Waals surface area contributed by atoms with E-state index in [0.29, 0.717) is 6.04 Å². The van der Waals surface area contributed by atoms with Gasteiger partial charge in [0.15, 0.2) is 0 Å². The standard InChI is InChI=1S/C22H27N/c1-4-8-21(16-15-19-13-11-18(2)12-14-19)22(23-3)17-20-9-6-5-7-10-20/h4-14,22-23H,1,15-17H2,2-3H3/b21-8-/t22-/m0/s1. The number of allylic oxidation sites excluding steroid dienone is 2. The van der Waals surface area contributed by atoms with Crippen molar-refractivity contribution in [2.45, 2.75) is 32.2 Å². The third kappa shape index (κ3) is 5.54. The molecular weight excluding hydrogens is 278 g/mol. The molecule has 0 aromatic heterocycles. The molecule has 0 aliphatic heterocycles. The van der Waals surface area contributed by atoms with Crippen LogP contribution in [-0.2, 0) is 12.8 Å². The van der Waals surface area contributed by atoms with E-state index in [1.165, 1.54) is 22.3 Å². The van der Waals surface area contributed by atoms with Crippen molar-refractivity contribution < 1.29 is 0 Å². The van der Waals surface area contributed by atoms with Gasteiger partial charge in [0.05, 0.1) is 0 Å². The molecule has 0 radical (unpaired) electrons. The molecule has 120 valence electrons. The minimum absolute atomic E-state index is 0.348. The normalized spacial score (nSPS) is 12.9. The van der Waals surface area contributed by atoms with Gasteiger partial charge >= 0.3 is 0 Å². The van der Waals surface area contributed by atoms with Crippen LogP contribution in [0.15, 0.2) is 78.9 Å². The average molecular weight is 305 g/mol. The number of hydrogen-bond donors (Lipinski definition) is 1. The number of likely N-dealkylation sites (N-methyl/N-ethyl adjacent to an activating group) is 1. The average Bonchev–Trinajstić information content (AvgIpc) is 2.59. The van der Waals surface area contributed by atoms with Crippen LogP contribution in [0.3, 0.4) is 0 Å². The summed E-state index contributed by atoms with van der Waals surface area (Å²) in [6.07, 6.45) is 7.18. The van der Waals surface area contributed by atoms with Crippen LogP contribution in [0.1, 0.15) is 23.1 Å². The molecule has 0 saturated heterocycles. The highest BCUT2D eigenvalue weighted by atomic mass is 14.9. The van der Waals surface area contributed by atoms with Gasteiger partial charge in [-0.3, -0.25) is 0 Å². The maximum absolute atomic E-state index is 3.89. The first-order chi connectivity index (χ1) is 11.2. The van der Waals surface area contributed by atoms with Crippen molar-refractivity contribution in [3.8, 4) is 0 Å². The molecule has 1 heteroatoms. The van der Waals surface area contributed by atoms with Crippen molar-refractivity contribution >= 4 is 0 Å². The van der Waals surface area contributed by atoms with E-state index in [9.17, 15) is 0 Å². The van der Waals surface area contributed by atoms with Crippen molar-refractivity contribution in [2.24, 2.45) is 0 Å². The van der Waals surface area contributed by atoms with Gasteiger partial charge in [-0.1, -0.05) is 84.5 Å². The highest BCUT2D eigenvalue weighted by molar-refractivity contribution is 5.26. The minimum atomic E-state index is 0.348. The van der Waals surface area contributed by atoms with E-state index in [1.54, 1.807) is 0 Å². The lowest BCUT2D eigenvalue weighted by Gasteiger charge is -2.20. The Morgan fingerprint density at radius 2 is 1.74 bits per heavy atom. The summed E-state index contributed by atoms with van der Waals surface area (Å²) >= 11 is 0. The van der Waals surface area contributed by atoms with Gasteiger partial charge in [0, 0.05) is 6.04 Å². The van der Waals surface area contributed by atoms with Crippen LogP contribution in [0.5, 0.6) is 0 Å². The second-order valence-electron chi connectivity index (χ2n) is 5.99. The van der Waals surface area contributed by atoms with Crippen LogP contribution < -0.4 is 5.32 Å². The van der Waals surface area contributed by atoms with Gasteiger partial charge < -0.3 is 5.32 Å². The van der Waals surface area contributed by atoms with Crippen molar-refractivity contribution in [1.29, 1.82) is 0 Å². The maximum Gasteiger partial charge on any atom is 0.0320 e. The molecular formula is C22H27N. The largest absolute Gasteiger partial charge is 0.313 e. The molecule has 1 atom stereocenters. The Hall–Kier alpha value is -2.12. The summed E-state index contributed by atoms with van der Waals surface area (Å²) in [5, 5.41) is 3.46. The fourth-order valence-electron chi connectivity index (χ4n) is 2.84. The molecule has 1 N–H and O–H groups in total. The van der Waals surface area contributed by atoms with E-state index in [2.05, 4.69) is 79.5 Å². The molecule has 0 aliphatic carbocycles. The Bertz CT molecular complexity index is 623. The first kappa shape index (κ1) is 17.2. The Labute approximate surface area is 140 Å². The molecule has 2 aromatic rings. The summed E-state index contributed by atoms with van der Waals surface area (Å²) in [4.78, 5) is 0. The molecule has 2 rings (SSSR count). The van der Waals surface area contributed by atoms with E-state index < -0.39 is 0 Å². The molecule has 0 aliphatic rings. The zero-order valence-electron chi connectivity index (χ0n) is 14.3. The maximum atomic E-state index is 3.89. The lowest BCUT2D eigenvalue weighted by molar-refractivity contribution is 0.607. The molecule has 0 saturated carbocycles. The first-order valence-electron chi connectivity index (χ1n) is 8.31. The van der Waals surface area contributed by atoms with Gasteiger partial charge in [-0.15, -0.1) is 0 Å². The number of aryl methyl sites for hydroxylation is 2. The van der Waals surface area contributed by atoms with Crippen molar-refractivity contribution in [1.82, 2.24) is 5.32 Å². The fraction of sp³-hybridized carbons (Fsp3) is 0.273. The third-order valence-electron chi connectivity index (χ3n) is 4.23. The van der Waals surface area contributed by atoms with E-state index in [4.69, 9.17) is 0 Å². The topological polar surface area (TPSA) is 12.0 Å². The number of nitrogens with one attached hydrogen (secondary N) is 1. The van der Waals surface area contributed by atoms with E-state index >= 15 is 0 Å². The van der Waals surface area contributed by atoms with Gasteiger partial charge in [0.1, 0.15) is 0 Å². The molecule has 23 heavy (non-hydrogen) atoms. The number of rotatable bonds is 8.